The summed E-state index contributed by atoms with van der Waals surface area (Å²) in [4.78, 5) is 6.75. The summed E-state index contributed by atoms with van der Waals surface area (Å²) in [5.74, 6) is 1.79. The normalized spacial score (nSPS) is 34.4. The van der Waals surface area contributed by atoms with Gasteiger partial charge >= 0.3 is 0 Å². The van der Waals surface area contributed by atoms with E-state index in [-0.39, 0.29) is 0 Å². The summed E-state index contributed by atoms with van der Waals surface area (Å²) in [7, 11) is 2.11. The van der Waals surface area contributed by atoms with Crippen LogP contribution >= 0.6 is 0 Å². The number of rotatable bonds is 2. The van der Waals surface area contributed by atoms with Crippen LogP contribution in [0.5, 0.6) is 0 Å². The van der Waals surface area contributed by atoms with Crippen molar-refractivity contribution >= 4 is 5.96 Å². The molecule has 2 heterocycles. The van der Waals surface area contributed by atoms with Gasteiger partial charge in [-0.1, -0.05) is 0 Å². The van der Waals surface area contributed by atoms with Crippen LogP contribution in [0.15, 0.2) is 4.99 Å². The SMILES string of the molecule is CC1CC(CNC2=NCCCN2C)CC(C)O1. The van der Waals surface area contributed by atoms with Crippen LogP contribution in [-0.2, 0) is 4.74 Å². The number of nitrogens with zero attached hydrogens (tertiary/aromatic N) is 2. The van der Waals surface area contributed by atoms with Crippen molar-refractivity contribution in [2.75, 3.05) is 26.7 Å². The quantitative estimate of drug-likeness (QED) is 0.793. The van der Waals surface area contributed by atoms with Gasteiger partial charge in [0.1, 0.15) is 0 Å². The van der Waals surface area contributed by atoms with Crippen molar-refractivity contribution in [1.29, 1.82) is 0 Å². The monoisotopic (exact) mass is 239 g/mol. The van der Waals surface area contributed by atoms with Crippen molar-refractivity contribution in [3.05, 3.63) is 0 Å². The summed E-state index contributed by atoms with van der Waals surface area (Å²) in [6, 6.07) is 0. The van der Waals surface area contributed by atoms with E-state index >= 15 is 0 Å². The van der Waals surface area contributed by atoms with Gasteiger partial charge in [0, 0.05) is 26.7 Å². The zero-order valence-corrected chi connectivity index (χ0v) is 11.3. The van der Waals surface area contributed by atoms with Crippen LogP contribution in [0.25, 0.3) is 0 Å². The second-order valence-electron chi connectivity index (χ2n) is 5.46. The molecule has 2 rings (SSSR count). The van der Waals surface area contributed by atoms with E-state index in [0.717, 1.165) is 38.4 Å². The number of aliphatic imine (C=N–C) groups is 1. The molecule has 0 aliphatic carbocycles. The Morgan fingerprint density at radius 3 is 2.71 bits per heavy atom. The van der Waals surface area contributed by atoms with Crippen molar-refractivity contribution in [2.45, 2.75) is 45.3 Å². The molecule has 0 saturated carbocycles. The molecule has 98 valence electrons. The minimum Gasteiger partial charge on any atom is -0.376 e. The summed E-state index contributed by atoms with van der Waals surface area (Å²) in [6.45, 7) is 7.46. The van der Waals surface area contributed by atoms with Gasteiger partial charge in [-0.05, 0) is 39.0 Å². The largest absolute Gasteiger partial charge is 0.376 e. The number of hydrogen-bond donors (Lipinski definition) is 1. The molecule has 0 radical (unpaired) electrons. The number of nitrogens with one attached hydrogen (secondary N) is 1. The predicted octanol–water partition coefficient (Wildman–Crippen LogP) is 1.47. The Morgan fingerprint density at radius 1 is 1.35 bits per heavy atom. The molecule has 4 nitrogen and oxygen atoms in total. The first-order chi connectivity index (χ1) is 8.15. The van der Waals surface area contributed by atoms with Crippen molar-refractivity contribution in [2.24, 2.45) is 10.9 Å². The molecular weight excluding hydrogens is 214 g/mol. The molecule has 0 aromatic heterocycles. The van der Waals surface area contributed by atoms with Crippen LogP contribution in [0, 0.1) is 5.92 Å². The first-order valence-corrected chi connectivity index (χ1v) is 6.80. The Labute approximate surface area is 104 Å². The van der Waals surface area contributed by atoms with Gasteiger partial charge in [0.2, 0.25) is 0 Å². The molecule has 1 saturated heterocycles. The third-order valence-corrected chi connectivity index (χ3v) is 3.62. The van der Waals surface area contributed by atoms with E-state index in [9.17, 15) is 0 Å². The highest BCUT2D eigenvalue weighted by molar-refractivity contribution is 5.80. The molecule has 0 amide bonds. The number of ether oxygens (including phenoxy) is 1. The molecule has 2 unspecified atom stereocenters. The average Bonchev–Trinajstić information content (AvgIpc) is 2.27. The Hall–Kier alpha value is -0.770. The van der Waals surface area contributed by atoms with Crippen LogP contribution in [0.4, 0.5) is 0 Å². The Balaban J connectivity index is 1.79. The van der Waals surface area contributed by atoms with E-state index in [1.807, 2.05) is 0 Å². The molecule has 0 bridgehead atoms. The predicted molar refractivity (Wildman–Crippen MR) is 70.3 cm³/mol. The van der Waals surface area contributed by atoms with Crippen LogP contribution in [-0.4, -0.2) is 49.7 Å². The summed E-state index contributed by atoms with van der Waals surface area (Å²) < 4.78 is 5.76. The van der Waals surface area contributed by atoms with Crippen LogP contribution in [0.1, 0.15) is 33.1 Å². The van der Waals surface area contributed by atoms with Gasteiger partial charge in [-0.2, -0.15) is 0 Å². The number of guanidine groups is 1. The van der Waals surface area contributed by atoms with E-state index in [1.165, 1.54) is 6.42 Å². The lowest BCUT2D eigenvalue weighted by Gasteiger charge is -2.33. The molecule has 0 spiro atoms. The lowest BCUT2D eigenvalue weighted by atomic mass is 9.92. The van der Waals surface area contributed by atoms with Crippen molar-refractivity contribution in [1.82, 2.24) is 10.2 Å². The second kappa shape index (κ2) is 5.71. The third kappa shape index (κ3) is 3.60. The van der Waals surface area contributed by atoms with E-state index in [2.05, 4.69) is 36.1 Å². The standard InChI is InChI=1S/C13H25N3O/c1-10-7-12(8-11(2)17-10)9-15-13-14-5-4-6-16(13)3/h10-12H,4-9H2,1-3H3,(H,14,15). The lowest BCUT2D eigenvalue weighted by molar-refractivity contribution is -0.0510. The van der Waals surface area contributed by atoms with Gasteiger partial charge in [0.25, 0.3) is 0 Å². The van der Waals surface area contributed by atoms with E-state index < -0.39 is 0 Å². The van der Waals surface area contributed by atoms with Crippen LogP contribution in [0.3, 0.4) is 0 Å². The van der Waals surface area contributed by atoms with Gasteiger partial charge in [-0.3, -0.25) is 4.99 Å². The van der Waals surface area contributed by atoms with Gasteiger partial charge in [-0.25, -0.2) is 0 Å². The summed E-state index contributed by atoms with van der Waals surface area (Å²) in [5, 5.41) is 3.50. The van der Waals surface area contributed by atoms with Crippen molar-refractivity contribution < 1.29 is 4.74 Å². The molecule has 1 N–H and O–H groups in total. The fourth-order valence-electron chi connectivity index (χ4n) is 2.86. The highest BCUT2D eigenvalue weighted by Crippen LogP contribution is 2.24. The maximum Gasteiger partial charge on any atom is 0.193 e. The third-order valence-electron chi connectivity index (χ3n) is 3.62. The highest BCUT2D eigenvalue weighted by Gasteiger charge is 2.24. The topological polar surface area (TPSA) is 36.9 Å². The average molecular weight is 239 g/mol. The van der Waals surface area contributed by atoms with Crippen LogP contribution in [0.2, 0.25) is 0 Å². The first-order valence-electron chi connectivity index (χ1n) is 6.80. The van der Waals surface area contributed by atoms with Crippen molar-refractivity contribution in [3.63, 3.8) is 0 Å². The second-order valence-corrected chi connectivity index (χ2v) is 5.46. The van der Waals surface area contributed by atoms with Gasteiger partial charge in [0.05, 0.1) is 12.2 Å². The molecule has 2 aliphatic rings. The van der Waals surface area contributed by atoms with Crippen molar-refractivity contribution in [3.8, 4) is 0 Å². The lowest BCUT2D eigenvalue weighted by Crippen LogP contribution is -2.45. The van der Waals surface area contributed by atoms with Gasteiger partial charge in [-0.15, -0.1) is 0 Å². The van der Waals surface area contributed by atoms with E-state index in [0.29, 0.717) is 18.1 Å². The van der Waals surface area contributed by atoms with Gasteiger partial charge in [0.15, 0.2) is 5.96 Å². The van der Waals surface area contributed by atoms with E-state index in [4.69, 9.17) is 4.74 Å². The zero-order chi connectivity index (χ0) is 12.3. The zero-order valence-electron chi connectivity index (χ0n) is 11.3. The van der Waals surface area contributed by atoms with E-state index in [1.54, 1.807) is 0 Å². The Morgan fingerprint density at radius 2 is 2.06 bits per heavy atom. The maximum absolute atomic E-state index is 5.76. The summed E-state index contributed by atoms with van der Waals surface area (Å²) in [5.41, 5.74) is 0. The fraction of sp³-hybridized carbons (Fsp3) is 0.923. The molecule has 0 aromatic carbocycles. The minimum absolute atomic E-state index is 0.400. The molecule has 2 aliphatic heterocycles. The molecule has 1 fully saturated rings. The Bertz CT molecular complexity index is 270. The Kier molecular flexibility index (Phi) is 4.26. The summed E-state index contributed by atoms with van der Waals surface area (Å²) >= 11 is 0. The van der Waals surface area contributed by atoms with Gasteiger partial charge < -0.3 is 15.0 Å². The minimum atomic E-state index is 0.400. The highest BCUT2D eigenvalue weighted by atomic mass is 16.5. The summed E-state index contributed by atoms with van der Waals surface area (Å²) in [6.07, 6.45) is 4.29. The molecule has 0 aromatic rings. The molecule has 2 atom stereocenters. The number of hydrogen-bond acceptors (Lipinski definition) is 4. The maximum atomic E-state index is 5.76. The van der Waals surface area contributed by atoms with Crippen LogP contribution < -0.4 is 5.32 Å². The first kappa shape index (κ1) is 12.7. The molecular formula is C13H25N3O. The fourth-order valence-corrected chi connectivity index (χ4v) is 2.86. The smallest absolute Gasteiger partial charge is 0.193 e. The molecule has 4 heteroatoms. The molecule has 17 heavy (non-hydrogen) atoms.